The third-order valence-corrected chi connectivity index (χ3v) is 2.43. The molecule has 1 amide bonds. The number of rotatable bonds is 5. The third kappa shape index (κ3) is 3.29. The van der Waals surface area contributed by atoms with Crippen LogP contribution in [0.5, 0.6) is 5.75 Å². The van der Waals surface area contributed by atoms with E-state index in [2.05, 4.69) is 15.5 Å². The summed E-state index contributed by atoms with van der Waals surface area (Å²) in [5.41, 5.74) is 5.95. The van der Waals surface area contributed by atoms with E-state index in [1.54, 1.807) is 19.2 Å². The molecule has 1 heterocycles. The largest absolute Gasteiger partial charge is 0.497 e. The fraction of sp³-hybridized carbons (Fsp3) is 0.250. The minimum absolute atomic E-state index is 0.0700. The molecule has 0 saturated heterocycles. The summed E-state index contributed by atoms with van der Waals surface area (Å²) >= 11 is 0. The number of amides is 1. The van der Waals surface area contributed by atoms with Gasteiger partial charge >= 0.3 is 0 Å². The van der Waals surface area contributed by atoms with Gasteiger partial charge < -0.3 is 20.2 Å². The zero-order valence-electron chi connectivity index (χ0n) is 10.4. The van der Waals surface area contributed by atoms with Crippen molar-refractivity contribution in [1.82, 2.24) is 15.5 Å². The van der Waals surface area contributed by atoms with Crippen LogP contribution in [0.15, 0.2) is 28.7 Å². The van der Waals surface area contributed by atoms with Gasteiger partial charge in [0.2, 0.25) is 17.7 Å². The second kappa shape index (κ2) is 5.96. The van der Waals surface area contributed by atoms with E-state index in [-0.39, 0.29) is 19.0 Å². The van der Waals surface area contributed by atoms with Gasteiger partial charge in [0.1, 0.15) is 5.75 Å². The van der Waals surface area contributed by atoms with Crippen molar-refractivity contribution in [3.05, 3.63) is 30.2 Å². The van der Waals surface area contributed by atoms with Crippen LogP contribution in [0, 0.1) is 0 Å². The zero-order chi connectivity index (χ0) is 13.7. The van der Waals surface area contributed by atoms with Crippen LogP contribution < -0.4 is 15.8 Å². The Morgan fingerprint density at radius 2 is 2.11 bits per heavy atom. The number of nitrogens with two attached hydrogens (primary N) is 1. The second-order valence-electron chi connectivity index (χ2n) is 3.71. The van der Waals surface area contributed by atoms with Gasteiger partial charge in [0.25, 0.3) is 0 Å². The summed E-state index contributed by atoms with van der Waals surface area (Å²) in [6.07, 6.45) is 0. The Kier molecular flexibility index (Phi) is 4.09. The molecule has 0 spiro atoms. The molecular formula is C12H14N4O3. The first kappa shape index (κ1) is 13.0. The van der Waals surface area contributed by atoms with E-state index >= 15 is 0 Å². The van der Waals surface area contributed by atoms with E-state index in [4.69, 9.17) is 14.9 Å². The number of methoxy groups -OCH3 is 1. The maximum atomic E-state index is 11.0. The standard InChI is InChI=1S/C12H14N4O3/c1-18-9-4-2-8(3-5-9)12-16-15-11(19-12)7-14-10(17)6-13/h2-5H,6-7,13H2,1H3,(H,14,17). The summed E-state index contributed by atoms with van der Waals surface area (Å²) < 4.78 is 10.5. The Hall–Kier alpha value is -2.41. The SMILES string of the molecule is COc1ccc(-c2nnc(CNC(=O)CN)o2)cc1. The second-order valence-corrected chi connectivity index (χ2v) is 3.71. The lowest BCUT2D eigenvalue weighted by Crippen LogP contribution is -2.29. The molecule has 0 atom stereocenters. The summed E-state index contributed by atoms with van der Waals surface area (Å²) in [5, 5.41) is 10.3. The number of nitrogens with zero attached hydrogens (tertiary/aromatic N) is 2. The fourth-order valence-electron chi connectivity index (χ4n) is 1.42. The fourth-order valence-corrected chi connectivity index (χ4v) is 1.42. The van der Waals surface area contributed by atoms with Gasteiger partial charge in [-0.25, -0.2) is 0 Å². The van der Waals surface area contributed by atoms with Crippen LogP contribution in [0.3, 0.4) is 0 Å². The molecule has 1 aromatic carbocycles. The number of hydrogen-bond acceptors (Lipinski definition) is 6. The highest BCUT2D eigenvalue weighted by Crippen LogP contribution is 2.20. The van der Waals surface area contributed by atoms with Crippen molar-refractivity contribution in [3.8, 4) is 17.2 Å². The molecule has 100 valence electrons. The number of ether oxygens (including phenoxy) is 1. The zero-order valence-corrected chi connectivity index (χ0v) is 10.4. The molecule has 7 nitrogen and oxygen atoms in total. The average molecular weight is 262 g/mol. The number of carbonyl (C=O) groups excluding carboxylic acids is 1. The molecule has 1 aromatic heterocycles. The Labute approximate surface area is 109 Å². The van der Waals surface area contributed by atoms with E-state index in [0.717, 1.165) is 11.3 Å². The predicted molar refractivity (Wildman–Crippen MR) is 67.2 cm³/mol. The highest BCUT2D eigenvalue weighted by atomic mass is 16.5. The van der Waals surface area contributed by atoms with Crippen molar-refractivity contribution >= 4 is 5.91 Å². The molecule has 3 N–H and O–H groups in total. The van der Waals surface area contributed by atoms with Crippen molar-refractivity contribution in [3.63, 3.8) is 0 Å². The van der Waals surface area contributed by atoms with Crippen LogP contribution in [0.25, 0.3) is 11.5 Å². The normalized spacial score (nSPS) is 10.2. The Morgan fingerprint density at radius 3 is 2.74 bits per heavy atom. The summed E-state index contributed by atoms with van der Waals surface area (Å²) in [6, 6.07) is 7.23. The lowest BCUT2D eigenvalue weighted by molar-refractivity contribution is -0.120. The van der Waals surface area contributed by atoms with Crippen LogP contribution in [-0.2, 0) is 11.3 Å². The Morgan fingerprint density at radius 1 is 1.37 bits per heavy atom. The number of carbonyl (C=O) groups is 1. The number of nitrogens with one attached hydrogen (secondary N) is 1. The molecule has 0 unspecified atom stereocenters. The maximum Gasteiger partial charge on any atom is 0.247 e. The van der Waals surface area contributed by atoms with Crippen molar-refractivity contribution in [1.29, 1.82) is 0 Å². The smallest absolute Gasteiger partial charge is 0.247 e. The Bertz CT molecular complexity index is 550. The van der Waals surface area contributed by atoms with Crippen molar-refractivity contribution in [2.75, 3.05) is 13.7 Å². The predicted octanol–water partition coefficient (Wildman–Crippen LogP) is 0.320. The molecule has 2 aromatic rings. The number of benzene rings is 1. The summed E-state index contributed by atoms with van der Waals surface area (Å²) in [5.74, 6) is 1.19. The van der Waals surface area contributed by atoms with Gasteiger partial charge in [0, 0.05) is 5.56 Å². The highest BCUT2D eigenvalue weighted by Gasteiger charge is 2.09. The van der Waals surface area contributed by atoms with E-state index in [9.17, 15) is 4.79 Å². The first-order valence-corrected chi connectivity index (χ1v) is 5.66. The van der Waals surface area contributed by atoms with E-state index < -0.39 is 0 Å². The van der Waals surface area contributed by atoms with Crippen LogP contribution in [0.4, 0.5) is 0 Å². The van der Waals surface area contributed by atoms with Crippen molar-refractivity contribution < 1.29 is 13.9 Å². The molecule has 0 aliphatic rings. The van der Waals surface area contributed by atoms with Gasteiger partial charge in [-0.05, 0) is 24.3 Å². The van der Waals surface area contributed by atoms with Gasteiger partial charge in [0.05, 0.1) is 20.2 Å². The summed E-state index contributed by atoms with van der Waals surface area (Å²) in [7, 11) is 1.60. The van der Waals surface area contributed by atoms with Crippen LogP contribution >= 0.6 is 0 Å². The molecule has 7 heteroatoms. The van der Waals surface area contributed by atoms with Crippen molar-refractivity contribution in [2.45, 2.75) is 6.54 Å². The summed E-state index contributed by atoms with van der Waals surface area (Å²) in [4.78, 5) is 11.0. The van der Waals surface area contributed by atoms with Crippen molar-refractivity contribution in [2.24, 2.45) is 5.73 Å². The van der Waals surface area contributed by atoms with Gasteiger partial charge in [-0.3, -0.25) is 4.79 Å². The van der Waals surface area contributed by atoms with Gasteiger partial charge in [0.15, 0.2) is 0 Å². The Balaban J connectivity index is 2.05. The van der Waals surface area contributed by atoms with Crippen LogP contribution in [0.2, 0.25) is 0 Å². The van der Waals surface area contributed by atoms with Gasteiger partial charge in [-0.15, -0.1) is 10.2 Å². The topological polar surface area (TPSA) is 103 Å². The maximum absolute atomic E-state index is 11.0. The van der Waals surface area contributed by atoms with Gasteiger partial charge in [-0.1, -0.05) is 0 Å². The average Bonchev–Trinajstić information content (AvgIpc) is 2.93. The number of hydrogen-bond donors (Lipinski definition) is 2. The molecule has 0 bridgehead atoms. The molecular weight excluding hydrogens is 248 g/mol. The monoisotopic (exact) mass is 262 g/mol. The minimum atomic E-state index is -0.274. The molecule has 0 saturated carbocycles. The lowest BCUT2D eigenvalue weighted by Gasteiger charge is -1.99. The van der Waals surface area contributed by atoms with Crippen LogP contribution in [0.1, 0.15) is 5.89 Å². The molecule has 19 heavy (non-hydrogen) atoms. The molecule has 0 radical (unpaired) electrons. The first-order chi connectivity index (χ1) is 9.22. The lowest BCUT2D eigenvalue weighted by atomic mass is 10.2. The molecule has 2 rings (SSSR count). The first-order valence-electron chi connectivity index (χ1n) is 5.66. The molecule has 0 fully saturated rings. The van der Waals surface area contributed by atoms with Gasteiger partial charge in [-0.2, -0.15) is 0 Å². The van der Waals surface area contributed by atoms with E-state index in [1.807, 2.05) is 12.1 Å². The molecule has 0 aliphatic carbocycles. The third-order valence-electron chi connectivity index (χ3n) is 2.43. The molecule has 0 aliphatic heterocycles. The quantitative estimate of drug-likeness (QED) is 0.804. The minimum Gasteiger partial charge on any atom is -0.497 e. The van der Waals surface area contributed by atoms with E-state index in [1.165, 1.54) is 0 Å². The summed E-state index contributed by atoms with van der Waals surface area (Å²) in [6.45, 7) is 0.0959. The highest BCUT2D eigenvalue weighted by molar-refractivity contribution is 5.77. The number of aromatic nitrogens is 2. The van der Waals surface area contributed by atoms with Crippen LogP contribution in [-0.4, -0.2) is 29.8 Å². The van der Waals surface area contributed by atoms with E-state index in [0.29, 0.717) is 11.8 Å².